The lowest BCUT2D eigenvalue weighted by atomic mass is 9.85. The third-order valence-electron chi connectivity index (χ3n) is 5.95. The first-order valence-corrected chi connectivity index (χ1v) is 11.4. The molecule has 2 aliphatic rings. The van der Waals surface area contributed by atoms with E-state index in [2.05, 4.69) is 6.92 Å². The second kappa shape index (κ2) is 9.62. The third-order valence-corrected chi connectivity index (χ3v) is 5.95. The first kappa shape index (κ1) is 22.7. The number of carbonyl (C=O) groups is 1. The van der Waals surface area contributed by atoms with Crippen LogP contribution in [0, 0.1) is 0 Å². The lowest BCUT2D eigenvalue weighted by molar-refractivity contribution is -0.137. The zero-order valence-corrected chi connectivity index (χ0v) is 19.8. The maximum Gasteiger partial charge on any atom is 0.338 e. The Labute approximate surface area is 203 Å². The molecule has 1 unspecified atom stereocenters. The molecule has 0 bridgehead atoms. The summed E-state index contributed by atoms with van der Waals surface area (Å²) < 4.78 is 33.9. The molecular formula is C28H26O7. The molecule has 2 heterocycles. The molecule has 0 aliphatic carbocycles. The van der Waals surface area contributed by atoms with Crippen molar-refractivity contribution < 1.29 is 33.2 Å². The molecule has 0 N–H and O–H groups in total. The summed E-state index contributed by atoms with van der Waals surface area (Å²) in [6.07, 6.45) is 0.157. The van der Waals surface area contributed by atoms with Crippen LogP contribution in [0.25, 0.3) is 5.57 Å². The van der Waals surface area contributed by atoms with Gasteiger partial charge in [0.2, 0.25) is 6.79 Å². The summed E-state index contributed by atoms with van der Waals surface area (Å²) in [7, 11) is 2.99. The van der Waals surface area contributed by atoms with Crippen molar-refractivity contribution in [3.05, 3.63) is 82.9 Å². The third kappa shape index (κ3) is 4.25. The minimum absolute atomic E-state index is 0.155. The average molecular weight is 475 g/mol. The molecule has 7 heteroatoms. The molecule has 0 amide bonds. The normalized spacial score (nSPS) is 15.8. The van der Waals surface area contributed by atoms with Crippen LogP contribution in [0.15, 0.2) is 66.2 Å². The highest BCUT2D eigenvalue weighted by molar-refractivity contribution is 6.04. The zero-order chi connectivity index (χ0) is 24.4. The van der Waals surface area contributed by atoms with Gasteiger partial charge in [-0.2, -0.15) is 0 Å². The molecule has 180 valence electrons. The molecule has 0 saturated heterocycles. The Morgan fingerprint density at radius 2 is 1.69 bits per heavy atom. The van der Waals surface area contributed by atoms with Crippen LogP contribution >= 0.6 is 0 Å². The molecule has 5 rings (SSSR count). The van der Waals surface area contributed by atoms with Gasteiger partial charge in [-0.15, -0.1) is 0 Å². The molecular weight excluding hydrogens is 448 g/mol. The molecule has 0 radical (unpaired) electrons. The van der Waals surface area contributed by atoms with Gasteiger partial charge in [-0.25, -0.2) is 4.79 Å². The summed E-state index contributed by atoms with van der Waals surface area (Å²) in [5.74, 6) is 2.81. The number of ether oxygens (including phenoxy) is 6. The van der Waals surface area contributed by atoms with Gasteiger partial charge >= 0.3 is 5.97 Å². The number of benzene rings is 3. The van der Waals surface area contributed by atoms with Crippen LogP contribution in [0.2, 0.25) is 0 Å². The Bertz CT molecular complexity index is 1280. The van der Waals surface area contributed by atoms with Gasteiger partial charge in [0.1, 0.15) is 17.2 Å². The van der Waals surface area contributed by atoms with Crippen LogP contribution < -0.4 is 23.7 Å². The van der Waals surface area contributed by atoms with Crippen LogP contribution in [0.5, 0.6) is 28.7 Å². The van der Waals surface area contributed by atoms with Crippen LogP contribution in [-0.2, 0) is 9.53 Å². The van der Waals surface area contributed by atoms with Gasteiger partial charge in [0.25, 0.3) is 0 Å². The highest BCUT2D eigenvalue weighted by Gasteiger charge is 2.36. The van der Waals surface area contributed by atoms with E-state index in [0.29, 0.717) is 35.2 Å². The number of rotatable bonds is 7. The minimum atomic E-state index is -0.733. The topological polar surface area (TPSA) is 72.5 Å². The summed E-state index contributed by atoms with van der Waals surface area (Å²) in [5, 5.41) is 0. The van der Waals surface area contributed by atoms with E-state index in [9.17, 15) is 4.79 Å². The van der Waals surface area contributed by atoms with Gasteiger partial charge in [-0.1, -0.05) is 25.1 Å². The molecule has 1 atom stereocenters. The molecule has 0 saturated carbocycles. The summed E-state index contributed by atoms with van der Waals surface area (Å²) in [5.41, 5.74) is 3.48. The fourth-order valence-corrected chi connectivity index (χ4v) is 4.28. The van der Waals surface area contributed by atoms with Crippen molar-refractivity contribution >= 4 is 11.5 Å². The first-order chi connectivity index (χ1) is 17.1. The second-order valence-corrected chi connectivity index (χ2v) is 8.13. The van der Waals surface area contributed by atoms with E-state index in [-0.39, 0.29) is 6.79 Å². The van der Waals surface area contributed by atoms with E-state index in [1.165, 1.54) is 7.11 Å². The molecule has 0 spiro atoms. The van der Waals surface area contributed by atoms with Crippen molar-refractivity contribution in [2.75, 3.05) is 27.6 Å². The quantitative estimate of drug-likeness (QED) is 0.429. The van der Waals surface area contributed by atoms with Crippen LogP contribution in [0.3, 0.4) is 0 Å². The number of methoxy groups -OCH3 is 2. The number of esters is 1. The van der Waals surface area contributed by atoms with E-state index < -0.39 is 12.1 Å². The van der Waals surface area contributed by atoms with Gasteiger partial charge in [0.05, 0.1) is 26.4 Å². The van der Waals surface area contributed by atoms with Crippen molar-refractivity contribution in [3.8, 4) is 28.7 Å². The molecule has 35 heavy (non-hydrogen) atoms. The van der Waals surface area contributed by atoms with Crippen molar-refractivity contribution in [1.82, 2.24) is 0 Å². The zero-order valence-electron chi connectivity index (χ0n) is 19.8. The van der Waals surface area contributed by atoms with Gasteiger partial charge in [-0.3, -0.25) is 0 Å². The number of hydrogen-bond donors (Lipinski definition) is 0. The SMILES string of the molecule is CCCOc1ccc2c(c1)OC(c1ccc3c(c1)OCO3)C(C(=O)OC)=C2c1ccc(OC)cc1. The van der Waals surface area contributed by atoms with Crippen LogP contribution in [0.1, 0.15) is 36.1 Å². The Morgan fingerprint density at radius 1 is 0.914 bits per heavy atom. The van der Waals surface area contributed by atoms with Crippen LogP contribution in [-0.4, -0.2) is 33.6 Å². The molecule has 0 aromatic heterocycles. The Hall–Kier alpha value is -4.13. The maximum atomic E-state index is 13.2. The number of hydrogen-bond acceptors (Lipinski definition) is 7. The van der Waals surface area contributed by atoms with E-state index in [0.717, 1.165) is 34.4 Å². The molecule has 3 aromatic rings. The highest BCUT2D eigenvalue weighted by Crippen LogP contribution is 2.48. The number of carbonyl (C=O) groups excluding carboxylic acids is 1. The summed E-state index contributed by atoms with van der Waals surface area (Å²) >= 11 is 0. The van der Waals surface area contributed by atoms with Crippen molar-refractivity contribution in [2.24, 2.45) is 0 Å². The summed E-state index contributed by atoms with van der Waals surface area (Å²) in [6.45, 7) is 2.80. The van der Waals surface area contributed by atoms with Crippen molar-refractivity contribution in [2.45, 2.75) is 19.4 Å². The molecule has 0 fully saturated rings. The standard InChI is InChI=1S/C28H26O7/c1-4-13-32-20-10-11-21-23(15-20)35-27(18-7-12-22-24(14-18)34-16-33-22)26(28(29)31-3)25(21)17-5-8-19(30-2)9-6-17/h5-12,14-15,27H,4,13,16H2,1-3H3. The van der Waals surface area contributed by atoms with Crippen molar-refractivity contribution in [1.29, 1.82) is 0 Å². The lowest BCUT2D eigenvalue weighted by Gasteiger charge is -2.31. The smallest absolute Gasteiger partial charge is 0.338 e. The Kier molecular flexibility index (Phi) is 6.23. The van der Waals surface area contributed by atoms with E-state index >= 15 is 0 Å². The number of fused-ring (bicyclic) bond motifs is 2. The minimum Gasteiger partial charge on any atom is -0.497 e. The maximum absolute atomic E-state index is 13.2. The van der Waals surface area contributed by atoms with Gasteiger partial charge in [0, 0.05) is 22.8 Å². The van der Waals surface area contributed by atoms with E-state index in [4.69, 9.17) is 28.4 Å². The lowest BCUT2D eigenvalue weighted by Crippen LogP contribution is -2.24. The van der Waals surface area contributed by atoms with Gasteiger partial charge in [0.15, 0.2) is 17.6 Å². The van der Waals surface area contributed by atoms with Gasteiger partial charge < -0.3 is 28.4 Å². The molecule has 7 nitrogen and oxygen atoms in total. The highest BCUT2D eigenvalue weighted by atomic mass is 16.7. The monoisotopic (exact) mass is 474 g/mol. The fraction of sp³-hybridized carbons (Fsp3) is 0.250. The second-order valence-electron chi connectivity index (χ2n) is 8.13. The van der Waals surface area contributed by atoms with Crippen molar-refractivity contribution in [3.63, 3.8) is 0 Å². The molecule has 3 aromatic carbocycles. The largest absolute Gasteiger partial charge is 0.497 e. The molecule has 2 aliphatic heterocycles. The predicted octanol–water partition coefficient (Wildman–Crippen LogP) is 5.32. The van der Waals surface area contributed by atoms with E-state index in [1.807, 2.05) is 60.7 Å². The fourth-order valence-electron chi connectivity index (χ4n) is 4.28. The van der Waals surface area contributed by atoms with E-state index in [1.54, 1.807) is 7.11 Å². The predicted molar refractivity (Wildman–Crippen MR) is 129 cm³/mol. The summed E-state index contributed by atoms with van der Waals surface area (Å²) in [6, 6.07) is 18.8. The Balaban J connectivity index is 1.71. The van der Waals surface area contributed by atoms with Crippen LogP contribution in [0.4, 0.5) is 0 Å². The Morgan fingerprint density at radius 3 is 2.43 bits per heavy atom. The summed E-state index contributed by atoms with van der Waals surface area (Å²) in [4.78, 5) is 13.2. The van der Waals surface area contributed by atoms with Gasteiger partial charge in [-0.05, 0) is 48.4 Å². The average Bonchev–Trinajstić information content (AvgIpc) is 3.38. The first-order valence-electron chi connectivity index (χ1n) is 11.4.